The molecule has 2 amide bonds. The summed E-state index contributed by atoms with van der Waals surface area (Å²) >= 11 is 0. The summed E-state index contributed by atoms with van der Waals surface area (Å²) in [5.74, 6) is -0.274. The minimum absolute atomic E-state index is 0.0358. The highest BCUT2D eigenvalue weighted by molar-refractivity contribution is 5.74. The highest BCUT2D eigenvalue weighted by Crippen LogP contribution is 2.31. The molecular formula is C18H25FN2O3. The Bertz CT molecular complexity index is 588. The van der Waals surface area contributed by atoms with E-state index in [1.807, 2.05) is 0 Å². The van der Waals surface area contributed by atoms with Gasteiger partial charge in [-0.25, -0.2) is 9.18 Å². The number of carbonyl (C=O) groups excluding carboxylic acids is 1. The van der Waals surface area contributed by atoms with Crippen molar-refractivity contribution >= 4 is 6.03 Å². The van der Waals surface area contributed by atoms with Crippen LogP contribution in [0.2, 0.25) is 0 Å². The summed E-state index contributed by atoms with van der Waals surface area (Å²) in [4.78, 5) is 12.3. The molecule has 132 valence electrons. The lowest BCUT2D eigenvalue weighted by Crippen LogP contribution is -2.47. The van der Waals surface area contributed by atoms with Gasteiger partial charge in [-0.2, -0.15) is 0 Å². The molecule has 6 heteroatoms. The van der Waals surface area contributed by atoms with E-state index < -0.39 is 0 Å². The fourth-order valence-electron chi connectivity index (χ4n) is 3.59. The van der Waals surface area contributed by atoms with Gasteiger partial charge in [-0.1, -0.05) is 6.07 Å². The molecule has 1 aromatic carbocycles. The lowest BCUT2D eigenvalue weighted by molar-refractivity contribution is -0.0139. The maximum absolute atomic E-state index is 13.5. The number of ether oxygens (including phenoxy) is 1. The first-order chi connectivity index (χ1) is 11.6. The van der Waals surface area contributed by atoms with Crippen LogP contribution >= 0.6 is 0 Å². The molecule has 1 atom stereocenters. The molecule has 1 aliphatic carbocycles. The molecule has 1 aromatic rings. The molecule has 1 saturated heterocycles. The average molecular weight is 336 g/mol. The Morgan fingerprint density at radius 2 is 2.17 bits per heavy atom. The van der Waals surface area contributed by atoms with Crippen molar-refractivity contribution in [3.63, 3.8) is 0 Å². The second kappa shape index (κ2) is 7.49. The van der Waals surface area contributed by atoms with E-state index in [4.69, 9.17) is 4.74 Å². The first kappa shape index (κ1) is 17.2. The fourth-order valence-corrected chi connectivity index (χ4v) is 3.59. The third kappa shape index (κ3) is 3.87. The van der Waals surface area contributed by atoms with E-state index in [-0.39, 0.29) is 29.9 Å². The van der Waals surface area contributed by atoms with Crippen LogP contribution in [-0.2, 0) is 11.2 Å². The zero-order valence-electron chi connectivity index (χ0n) is 13.8. The predicted molar refractivity (Wildman–Crippen MR) is 88.2 cm³/mol. The number of benzene rings is 1. The number of amides is 2. The van der Waals surface area contributed by atoms with Crippen LogP contribution in [0.25, 0.3) is 0 Å². The Morgan fingerprint density at radius 1 is 1.38 bits per heavy atom. The molecule has 0 saturated carbocycles. The molecule has 0 bridgehead atoms. The zero-order valence-corrected chi connectivity index (χ0v) is 13.8. The average Bonchev–Trinajstić information content (AvgIpc) is 2.61. The summed E-state index contributed by atoms with van der Waals surface area (Å²) < 4.78 is 18.9. The van der Waals surface area contributed by atoms with Crippen LogP contribution in [0.3, 0.4) is 0 Å². The molecule has 0 spiro atoms. The number of carbonyl (C=O) groups is 1. The van der Waals surface area contributed by atoms with Crippen LogP contribution in [0, 0.1) is 11.2 Å². The third-order valence-electron chi connectivity index (χ3n) is 5.24. The first-order valence-electron chi connectivity index (χ1n) is 8.63. The summed E-state index contributed by atoms with van der Waals surface area (Å²) in [5.41, 5.74) is 1.68. The van der Waals surface area contributed by atoms with Gasteiger partial charge in [0.1, 0.15) is 5.82 Å². The standard InChI is InChI=1S/C18H25FN2O3/c19-14-5-4-13-2-1-3-16(15(13)10-14)21-17(23)20-11-18(12-22)6-8-24-9-7-18/h4-5,10,16,22H,1-3,6-9,11-12H2,(H2,20,21,23). The van der Waals surface area contributed by atoms with Crippen LogP contribution in [0.5, 0.6) is 0 Å². The quantitative estimate of drug-likeness (QED) is 0.790. The third-order valence-corrected chi connectivity index (χ3v) is 5.24. The second-order valence-corrected chi connectivity index (χ2v) is 6.89. The number of aryl methyl sites for hydroxylation is 1. The Hall–Kier alpha value is -1.66. The van der Waals surface area contributed by atoms with Crippen molar-refractivity contribution in [2.75, 3.05) is 26.4 Å². The van der Waals surface area contributed by atoms with Gasteiger partial charge in [0.15, 0.2) is 0 Å². The van der Waals surface area contributed by atoms with E-state index >= 15 is 0 Å². The molecule has 0 radical (unpaired) electrons. The number of aliphatic hydroxyl groups is 1. The largest absolute Gasteiger partial charge is 0.396 e. The highest BCUT2D eigenvalue weighted by atomic mass is 19.1. The van der Waals surface area contributed by atoms with Gasteiger partial charge < -0.3 is 20.5 Å². The van der Waals surface area contributed by atoms with Crippen LogP contribution in [0.4, 0.5) is 9.18 Å². The number of hydrogen-bond donors (Lipinski definition) is 3. The molecule has 1 unspecified atom stereocenters. The Morgan fingerprint density at radius 3 is 2.92 bits per heavy atom. The molecule has 1 aliphatic heterocycles. The van der Waals surface area contributed by atoms with Gasteiger partial charge in [0.25, 0.3) is 0 Å². The monoisotopic (exact) mass is 336 g/mol. The molecule has 24 heavy (non-hydrogen) atoms. The van der Waals surface area contributed by atoms with E-state index in [1.54, 1.807) is 6.07 Å². The van der Waals surface area contributed by atoms with Crippen molar-refractivity contribution in [3.05, 3.63) is 35.1 Å². The maximum Gasteiger partial charge on any atom is 0.315 e. The number of nitrogens with one attached hydrogen (secondary N) is 2. The zero-order chi connectivity index (χ0) is 17.0. The van der Waals surface area contributed by atoms with Crippen LogP contribution in [0.15, 0.2) is 18.2 Å². The summed E-state index contributed by atoms with van der Waals surface area (Å²) in [7, 11) is 0. The molecule has 1 fully saturated rings. The highest BCUT2D eigenvalue weighted by Gasteiger charge is 2.32. The summed E-state index contributed by atoms with van der Waals surface area (Å²) in [6, 6.07) is 4.37. The Kier molecular flexibility index (Phi) is 5.36. The van der Waals surface area contributed by atoms with Gasteiger partial charge in [0.05, 0.1) is 12.6 Å². The molecule has 2 aliphatic rings. The number of fused-ring (bicyclic) bond motifs is 1. The lowest BCUT2D eigenvalue weighted by Gasteiger charge is -2.35. The van der Waals surface area contributed by atoms with Crippen molar-refractivity contribution in [1.29, 1.82) is 0 Å². The SMILES string of the molecule is O=C(NCC1(CO)CCOCC1)NC1CCCc2ccc(F)cc21. The fraction of sp³-hybridized carbons (Fsp3) is 0.611. The van der Waals surface area contributed by atoms with E-state index in [0.29, 0.717) is 19.8 Å². The number of halogens is 1. The van der Waals surface area contributed by atoms with E-state index in [9.17, 15) is 14.3 Å². The molecule has 5 nitrogen and oxygen atoms in total. The summed E-state index contributed by atoms with van der Waals surface area (Å²) in [6.45, 7) is 1.67. The molecular weight excluding hydrogens is 311 g/mol. The minimum Gasteiger partial charge on any atom is -0.396 e. The van der Waals surface area contributed by atoms with Crippen molar-refractivity contribution in [2.24, 2.45) is 5.41 Å². The number of hydrogen-bond acceptors (Lipinski definition) is 3. The van der Waals surface area contributed by atoms with E-state index in [0.717, 1.165) is 43.2 Å². The van der Waals surface area contributed by atoms with Gasteiger partial charge >= 0.3 is 6.03 Å². The van der Waals surface area contributed by atoms with E-state index in [2.05, 4.69) is 10.6 Å². The first-order valence-corrected chi connectivity index (χ1v) is 8.63. The molecule has 0 aromatic heterocycles. The van der Waals surface area contributed by atoms with Crippen molar-refractivity contribution in [2.45, 2.75) is 38.1 Å². The van der Waals surface area contributed by atoms with Gasteiger partial charge in [-0.15, -0.1) is 0 Å². The van der Waals surface area contributed by atoms with Crippen LogP contribution < -0.4 is 10.6 Å². The van der Waals surface area contributed by atoms with Gasteiger partial charge in [-0.3, -0.25) is 0 Å². The van der Waals surface area contributed by atoms with Crippen molar-refractivity contribution < 1.29 is 19.0 Å². The van der Waals surface area contributed by atoms with Crippen LogP contribution in [-0.4, -0.2) is 37.5 Å². The minimum atomic E-state index is -0.299. The second-order valence-electron chi connectivity index (χ2n) is 6.89. The summed E-state index contributed by atoms with van der Waals surface area (Å²) in [5, 5.41) is 15.5. The smallest absolute Gasteiger partial charge is 0.315 e. The Labute approximate surface area is 141 Å². The predicted octanol–water partition coefficient (Wildman–Crippen LogP) is 2.29. The Balaban J connectivity index is 1.59. The van der Waals surface area contributed by atoms with Gasteiger partial charge in [0, 0.05) is 25.2 Å². The number of urea groups is 1. The lowest BCUT2D eigenvalue weighted by atomic mass is 9.81. The number of rotatable bonds is 4. The molecule has 3 rings (SSSR count). The molecule has 1 heterocycles. The van der Waals surface area contributed by atoms with Crippen molar-refractivity contribution in [1.82, 2.24) is 10.6 Å². The topological polar surface area (TPSA) is 70.6 Å². The number of aliphatic hydroxyl groups excluding tert-OH is 1. The molecule has 3 N–H and O–H groups in total. The van der Waals surface area contributed by atoms with E-state index in [1.165, 1.54) is 12.1 Å². The van der Waals surface area contributed by atoms with Crippen LogP contribution in [0.1, 0.15) is 42.9 Å². The normalized spacial score (nSPS) is 22.5. The maximum atomic E-state index is 13.5. The van der Waals surface area contributed by atoms with Gasteiger partial charge in [0.2, 0.25) is 0 Å². The van der Waals surface area contributed by atoms with Crippen molar-refractivity contribution in [3.8, 4) is 0 Å². The summed E-state index contributed by atoms with van der Waals surface area (Å²) in [6.07, 6.45) is 4.18. The van der Waals surface area contributed by atoms with Gasteiger partial charge in [-0.05, 0) is 55.4 Å².